The van der Waals surface area contributed by atoms with Crippen LogP contribution >= 0.6 is 0 Å². The minimum Gasteiger partial charge on any atom is -0.466 e. The highest BCUT2D eigenvalue weighted by molar-refractivity contribution is 6.74. The first-order valence-electron chi connectivity index (χ1n) is 27.1. The number of methoxy groups -OCH3 is 4. The van der Waals surface area contributed by atoms with Crippen LogP contribution in [0.2, 0.25) is 36.3 Å². The Bertz CT molecular complexity index is 1860. The van der Waals surface area contributed by atoms with Crippen LogP contribution < -0.4 is 0 Å². The number of piperidine rings is 1. The summed E-state index contributed by atoms with van der Waals surface area (Å²) < 4.78 is 43.9. The van der Waals surface area contributed by atoms with Crippen molar-refractivity contribution in [2.45, 2.75) is 244 Å². The van der Waals surface area contributed by atoms with E-state index in [9.17, 15) is 24.6 Å². The van der Waals surface area contributed by atoms with Crippen molar-refractivity contribution < 1.29 is 61.9 Å². The summed E-state index contributed by atoms with van der Waals surface area (Å²) in [6.45, 7) is 33.8. The second-order valence-electron chi connectivity index (χ2n) is 25.0. The fourth-order valence-electron chi connectivity index (χ4n) is 10.6. The number of Topliss-reactive ketones (excluding diaryl/α,β-unsaturated/α-hetero) is 1. The Kier molecular flexibility index (Phi) is 23.7. The minimum absolute atomic E-state index is 0.0182. The number of esters is 2. The first-order chi connectivity index (χ1) is 33.2. The number of amides is 1. The molecule has 416 valence electrons. The van der Waals surface area contributed by atoms with Gasteiger partial charge in [0.15, 0.2) is 16.6 Å². The lowest BCUT2D eigenvalue weighted by atomic mass is 9.80. The van der Waals surface area contributed by atoms with E-state index in [2.05, 4.69) is 86.8 Å². The number of hydrogen-bond donors (Lipinski definition) is 2. The van der Waals surface area contributed by atoms with E-state index in [4.69, 9.17) is 32.5 Å². The van der Waals surface area contributed by atoms with Gasteiger partial charge in [-0.15, -0.1) is 0 Å². The number of carbonyl (C=O) groups excluding carboxylic acids is 4. The van der Waals surface area contributed by atoms with Gasteiger partial charge in [-0.1, -0.05) is 87.0 Å². The lowest BCUT2D eigenvalue weighted by molar-refractivity contribution is -0.188. The molecule has 2 fully saturated rings. The van der Waals surface area contributed by atoms with E-state index in [1.807, 2.05) is 27.7 Å². The monoisotopic (exact) mass is 1050 g/mol. The van der Waals surface area contributed by atoms with Gasteiger partial charge in [0.05, 0.1) is 37.6 Å². The normalized spacial score (nSPS) is 35.3. The van der Waals surface area contributed by atoms with Crippen LogP contribution in [-0.4, -0.2) is 145 Å². The minimum atomic E-state index is -2.75. The molecule has 0 aromatic rings. The Balaban J connectivity index is 2.30. The molecule has 0 unspecified atom stereocenters. The zero-order valence-electron chi connectivity index (χ0n) is 48.5. The highest BCUT2D eigenvalue weighted by atomic mass is 28.4. The maximum Gasteiger partial charge on any atom is 0.348 e. The van der Waals surface area contributed by atoms with E-state index in [0.29, 0.717) is 38.5 Å². The Labute approximate surface area is 437 Å². The molecule has 0 aromatic heterocycles. The van der Waals surface area contributed by atoms with Crippen molar-refractivity contribution in [3.8, 4) is 0 Å². The summed E-state index contributed by atoms with van der Waals surface area (Å²) in [5.74, 6) is -4.78. The van der Waals surface area contributed by atoms with Gasteiger partial charge < -0.3 is 47.6 Å². The molecule has 0 bridgehead atoms. The molecule has 1 aliphatic carbocycles. The topological polar surface area (TPSA) is 177 Å². The van der Waals surface area contributed by atoms with E-state index >= 15 is 4.79 Å². The quantitative estimate of drug-likeness (QED) is 0.0866. The zero-order chi connectivity index (χ0) is 54.9. The second-order valence-corrected chi connectivity index (χ2v) is 34.5. The van der Waals surface area contributed by atoms with Crippen LogP contribution in [-0.2, 0) is 51.7 Å². The van der Waals surface area contributed by atoms with Crippen LogP contribution in [0.15, 0.2) is 23.3 Å². The number of allylic oxidation sites excluding steroid dienone is 3. The largest absolute Gasteiger partial charge is 0.466 e. The van der Waals surface area contributed by atoms with Crippen molar-refractivity contribution in [2.24, 2.45) is 29.6 Å². The average molecular weight is 1050 g/mol. The smallest absolute Gasteiger partial charge is 0.348 e. The van der Waals surface area contributed by atoms with E-state index in [1.165, 1.54) is 19.1 Å². The van der Waals surface area contributed by atoms with Gasteiger partial charge >= 0.3 is 11.9 Å². The van der Waals surface area contributed by atoms with Crippen molar-refractivity contribution >= 4 is 40.3 Å². The van der Waals surface area contributed by atoms with E-state index in [0.717, 1.165) is 31.1 Å². The summed E-state index contributed by atoms with van der Waals surface area (Å²) >= 11 is 0. The summed E-state index contributed by atoms with van der Waals surface area (Å²) in [6.07, 6.45) is 4.96. The van der Waals surface area contributed by atoms with Crippen molar-refractivity contribution in [2.75, 3.05) is 35.0 Å². The third kappa shape index (κ3) is 15.9. The Morgan fingerprint density at radius 3 is 1.89 bits per heavy atom. The molecule has 2 aliphatic heterocycles. The van der Waals surface area contributed by atoms with Gasteiger partial charge in [-0.25, -0.2) is 9.59 Å². The molecule has 1 amide bonds. The molecule has 14 nitrogen and oxygen atoms in total. The van der Waals surface area contributed by atoms with E-state index in [1.54, 1.807) is 14.0 Å². The van der Waals surface area contributed by atoms with Gasteiger partial charge in [-0.3, -0.25) is 9.59 Å². The molecule has 2 N–H and O–H groups in total. The molecule has 72 heavy (non-hydrogen) atoms. The summed E-state index contributed by atoms with van der Waals surface area (Å²) in [6, 6.07) is -1.15. The molecule has 3 rings (SSSR count). The fourth-order valence-corrected chi connectivity index (χ4v) is 13.4. The number of aliphatic hydroxyl groups excluding tert-OH is 1. The standard InChI is InChI=1S/C56H101NO13Si2/c1-21-41-29-35(2)28-36(3)30-47(65-14)49(59)48(66-15)32-38(5)56(63,53(62)67-16)52(61)57-27-23-22-24-42(57)51(60)68-50(39(6)45(34-43(41)58)70-72(19,20)55(10,11)12)37(4)31-40-25-26-44(46(33-40)64-13)69-71(17,18)54(7,8)9/h29,31,36,38-42,44-50,59,63H,21-28,30,32-34H2,1-20H3/b35-29+,37-31+/t36-,38+,39+,40-,41+,42-,44+,45-,46+,47-,48-,49+,50+,56+/m0/s1. The number of fused-ring (bicyclic) bond motifs is 1. The fraction of sp³-hybridized carbons (Fsp3) is 0.857. The third-order valence-corrected chi connectivity index (χ3v) is 26.4. The number of ketones is 1. The summed E-state index contributed by atoms with van der Waals surface area (Å²) in [4.78, 5) is 60.0. The van der Waals surface area contributed by atoms with Gasteiger partial charge in [-0.2, -0.15) is 0 Å². The summed E-state index contributed by atoms with van der Waals surface area (Å²) in [5, 5.41) is 24.1. The van der Waals surface area contributed by atoms with Crippen molar-refractivity contribution in [3.63, 3.8) is 0 Å². The molecule has 0 radical (unpaired) electrons. The average Bonchev–Trinajstić information content (AvgIpc) is 3.30. The first kappa shape index (κ1) is 64.0. The first-order valence-corrected chi connectivity index (χ1v) is 32.9. The number of carbonyl (C=O) groups is 4. The Hall–Kier alpha value is -2.29. The van der Waals surface area contributed by atoms with Crippen LogP contribution in [0.3, 0.4) is 0 Å². The SMILES string of the molecule is CC[C@@H]1/C=C(\C)C[C@H](C)C[C@H](OC)[C@@H](O)[C@@H](OC)C[C@@H](C)[C@](O)(C(=O)OC)C(=O)N2CCCC[C@H]2C(=O)O[C@H](/C(C)=C/[C@@H]2CC[C@@H](O[Si](C)(C)C(C)(C)C)[C@H](OC)C2)[C@H](C)[C@@H](O[Si](C)(C)C(C)(C)C)CC1=O. The molecular weight excluding hydrogens is 951 g/mol. The molecular formula is C56H101NO13Si2. The third-order valence-electron chi connectivity index (χ3n) is 17.4. The van der Waals surface area contributed by atoms with Crippen LogP contribution in [0, 0.1) is 29.6 Å². The highest BCUT2D eigenvalue weighted by Gasteiger charge is 2.55. The molecule has 1 saturated heterocycles. The Morgan fingerprint density at radius 2 is 1.36 bits per heavy atom. The van der Waals surface area contributed by atoms with Crippen molar-refractivity contribution in [1.29, 1.82) is 0 Å². The number of cyclic esters (lactones) is 1. The Morgan fingerprint density at radius 1 is 0.806 bits per heavy atom. The van der Waals surface area contributed by atoms with Crippen LogP contribution in [0.1, 0.15) is 154 Å². The van der Waals surface area contributed by atoms with Crippen LogP contribution in [0.25, 0.3) is 0 Å². The molecule has 2 heterocycles. The van der Waals surface area contributed by atoms with Crippen molar-refractivity contribution in [1.82, 2.24) is 4.90 Å². The molecule has 16 heteroatoms. The molecule has 0 aromatic carbocycles. The van der Waals surface area contributed by atoms with Crippen LogP contribution in [0.4, 0.5) is 0 Å². The predicted molar refractivity (Wildman–Crippen MR) is 288 cm³/mol. The lowest BCUT2D eigenvalue weighted by Gasteiger charge is -2.44. The summed E-state index contributed by atoms with van der Waals surface area (Å²) in [7, 11) is 1.11. The van der Waals surface area contributed by atoms with Crippen LogP contribution in [0.5, 0.6) is 0 Å². The maximum absolute atomic E-state index is 15.1. The van der Waals surface area contributed by atoms with Gasteiger partial charge in [-0.05, 0) is 132 Å². The highest BCUT2D eigenvalue weighted by Crippen LogP contribution is 2.43. The molecule has 1 saturated carbocycles. The maximum atomic E-state index is 15.1. The summed E-state index contributed by atoms with van der Waals surface area (Å²) in [5.41, 5.74) is -0.917. The number of ether oxygens (including phenoxy) is 5. The van der Waals surface area contributed by atoms with Gasteiger partial charge in [0.2, 0.25) is 5.60 Å². The number of hydrogen-bond acceptors (Lipinski definition) is 13. The number of nitrogens with zero attached hydrogens (tertiary/aromatic N) is 1. The molecule has 3 aliphatic rings. The molecule has 0 spiro atoms. The van der Waals surface area contributed by atoms with Crippen molar-refractivity contribution in [3.05, 3.63) is 23.3 Å². The van der Waals surface area contributed by atoms with Gasteiger partial charge in [0.1, 0.15) is 24.0 Å². The molecule has 14 atom stereocenters. The van der Waals surface area contributed by atoms with E-state index in [-0.39, 0.29) is 65.7 Å². The number of rotatable bonds is 11. The van der Waals surface area contributed by atoms with Gasteiger partial charge in [0, 0.05) is 52.0 Å². The second kappa shape index (κ2) is 26.7. The van der Waals surface area contributed by atoms with Gasteiger partial charge in [0.25, 0.3) is 5.91 Å². The predicted octanol–water partition coefficient (Wildman–Crippen LogP) is 10.1. The lowest BCUT2D eigenvalue weighted by Crippen LogP contribution is -2.63. The zero-order valence-corrected chi connectivity index (χ0v) is 50.5. The number of aliphatic hydroxyl groups is 2. The van der Waals surface area contributed by atoms with E-state index < -0.39 is 94.4 Å².